The van der Waals surface area contributed by atoms with Crippen molar-refractivity contribution >= 4 is 0 Å². The van der Waals surface area contributed by atoms with E-state index in [-0.39, 0.29) is 6.04 Å². The van der Waals surface area contributed by atoms with Crippen LogP contribution in [0.4, 0.5) is 13.2 Å². The maximum atomic E-state index is 13.7. The van der Waals surface area contributed by atoms with Gasteiger partial charge in [0.2, 0.25) is 0 Å². The van der Waals surface area contributed by atoms with Crippen LogP contribution in [0.2, 0.25) is 0 Å². The van der Waals surface area contributed by atoms with Crippen molar-refractivity contribution in [2.45, 2.75) is 26.4 Å². The summed E-state index contributed by atoms with van der Waals surface area (Å²) in [5.74, 6) is -3.01. The molecule has 7 heteroatoms. The summed E-state index contributed by atoms with van der Waals surface area (Å²) in [6.45, 7) is 4.22. The topological polar surface area (TPSA) is 42.7 Å². The van der Waals surface area contributed by atoms with E-state index in [1.165, 1.54) is 6.20 Å². The van der Waals surface area contributed by atoms with Crippen LogP contribution in [-0.4, -0.2) is 21.0 Å². The zero-order valence-electron chi connectivity index (χ0n) is 10.5. The van der Waals surface area contributed by atoms with Crippen LogP contribution in [0.1, 0.15) is 19.5 Å². The Morgan fingerprint density at radius 3 is 2.42 bits per heavy atom. The van der Waals surface area contributed by atoms with E-state index in [1.807, 2.05) is 13.8 Å². The molecule has 0 fully saturated rings. The van der Waals surface area contributed by atoms with Gasteiger partial charge in [0.25, 0.3) is 0 Å². The maximum absolute atomic E-state index is 13.7. The van der Waals surface area contributed by atoms with E-state index in [4.69, 9.17) is 0 Å². The number of hydrogen-bond acceptors (Lipinski definition) is 3. The van der Waals surface area contributed by atoms with Gasteiger partial charge in [0.05, 0.1) is 11.9 Å². The van der Waals surface area contributed by atoms with E-state index in [9.17, 15) is 13.2 Å². The second kappa shape index (κ2) is 5.40. The van der Waals surface area contributed by atoms with Crippen LogP contribution in [0.3, 0.4) is 0 Å². The van der Waals surface area contributed by atoms with Gasteiger partial charge in [-0.25, -0.2) is 17.9 Å². The van der Waals surface area contributed by atoms with Crippen LogP contribution in [0.5, 0.6) is 0 Å². The number of halogens is 3. The summed E-state index contributed by atoms with van der Waals surface area (Å²) in [6.07, 6.45) is 1.40. The standard InChI is InChI=1S/C12H13F3N4/c1-7(2)16-5-9-6-17-18-19(9)12-10(14)3-8(13)4-11(12)15/h3-4,6-7,16H,5H2,1-2H3. The minimum atomic E-state index is -1.02. The third-order valence-electron chi connectivity index (χ3n) is 2.50. The lowest BCUT2D eigenvalue weighted by atomic mass is 10.2. The summed E-state index contributed by atoms with van der Waals surface area (Å²) >= 11 is 0. The normalized spacial score (nSPS) is 11.3. The van der Waals surface area contributed by atoms with Crippen molar-refractivity contribution in [3.8, 4) is 5.69 Å². The summed E-state index contributed by atoms with van der Waals surface area (Å²) in [5, 5.41) is 10.4. The summed E-state index contributed by atoms with van der Waals surface area (Å²) in [6, 6.07) is 1.42. The van der Waals surface area contributed by atoms with E-state index < -0.39 is 23.1 Å². The highest BCUT2D eigenvalue weighted by Crippen LogP contribution is 2.19. The molecule has 2 aromatic rings. The summed E-state index contributed by atoms with van der Waals surface area (Å²) in [5.41, 5.74) is 0.0533. The quantitative estimate of drug-likeness (QED) is 0.926. The number of benzene rings is 1. The van der Waals surface area contributed by atoms with Gasteiger partial charge in [-0.1, -0.05) is 19.1 Å². The summed E-state index contributed by atoms with van der Waals surface area (Å²) < 4.78 is 41.2. The first-order valence-electron chi connectivity index (χ1n) is 5.77. The predicted octanol–water partition coefficient (Wildman–Crippen LogP) is 2.18. The molecule has 0 saturated carbocycles. The zero-order chi connectivity index (χ0) is 14.0. The predicted molar refractivity (Wildman–Crippen MR) is 63.2 cm³/mol. The zero-order valence-corrected chi connectivity index (χ0v) is 10.5. The van der Waals surface area contributed by atoms with Crippen LogP contribution in [-0.2, 0) is 6.54 Å². The van der Waals surface area contributed by atoms with E-state index >= 15 is 0 Å². The van der Waals surface area contributed by atoms with Gasteiger partial charge < -0.3 is 5.32 Å². The first-order valence-corrected chi connectivity index (χ1v) is 5.77. The minimum absolute atomic E-state index is 0.200. The molecular weight excluding hydrogens is 257 g/mol. The molecule has 4 nitrogen and oxygen atoms in total. The Morgan fingerprint density at radius 1 is 1.21 bits per heavy atom. The molecule has 0 amide bonds. The molecule has 0 bridgehead atoms. The lowest BCUT2D eigenvalue weighted by Gasteiger charge is -2.11. The van der Waals surface area contributed by atoms with Gasteiger partial charge in [0, 0.05) is 24.7 Å². The van der Waals surface area contributed by atoms with Gasteiger partial charge in [-0.15, -0.1) is 5.10 Å². The molecule has 0 aliphatic rings. The molecule has 1 aromatic heterocycles. The molecule has 19 heavy (non-hydrogen) atoms. The SMILES string of the molecule is CC(C)NCc1cnnn1-c1c(F)cc(F)cc1F. The van der Waals surface area contributed by atoms with Crippen molar-refractivity contribution in [2.75, 3.05) is 0 Å². The first kappa shape index (κ1) is 13.5. The molecule has 0 unspecified atom stereocenters. The van der Waals surface area contributed by atoms with Gasteiger partial charge in [-0.05, 0) is 0 Å². The molecule has 102 valence electrons. The average molecular weight is 270 g/mol. The molecule has 0 aliphatic heterocycles. The Hall–Kier alpha value is -1.89. The molecule has 1 heterocycles. The van der Waals surface area contributed by atoms with Gasteiger partial charge in [0.15, 0.2) is 11.6 Å². The van der Waals surface area contributed by atoms with Crippen LogP contribution < -0.4 is 5.32 Å². The highest BCUT2D eigenvalue weighted by molar-refractivity contribution is 5.36. The highest BCUT2D eigenvalue weighted by atomic mass is 19.1. The number of hydrogen-bond donors (Lipinski definition) is 1. The fourth-order valence-corrected chi connectivity index (χ4v) is 1.61. The molecule has 2 rings (SSSR count). The van der Waals surface area contributed by atoms with Crippen LogP contribution in [0.25, 0.3) is 5.69 Å². The number of nitrogens with zero attached hydrogens (tertiary/aromatic N) is 3. The number of aromatic nitrogens is 3. The van der Waals surface area contributed by atoms with Crippen molar-refractivity contribution in [3.05, 3.63) is 41.5 Å². The van der Waals surface area contributed by atoms with Gasteiger partial charge >= 0.3 is 0 Å². The van der Waals surface area contributed by atoms with Crippen LogP contribution >= 0.6 is 0 Å². The molecule has 1 aromatic carbocycles. The third-order valence-corrected chi connectivity index (χ3v) is 2.50. The van der Waals surface area contributed by atoms with Crippen molar-refractivity contribution in [1.82, 2.24) is 20.3 Å². The molecule has 0 saturated heterocycles. The van der Waals surface area contributed by atoms with E-state index in [0.29, 0.717) is 24.4 Å². The van der Waals surface area contributed by atoms with Crippen LogP contribution in [0.15, 0.2) is 18.3 Å². The Kier molecular flexibility index (Phi) is 3.84. The minimum Gasteiger partial charge on any atom is -0.309 e. The molecular formula is C12H13F3N4. The average Bonchev–Trinajstić information content (AvgIpc) is 2.73. The largest absolute Gasteiger partial charge is 0.309 e. The highest BCUT2D eigenvalue weighted by Gasteiger charge is 2.17. The number of rotatable bonds is 4. The van der Waals surface area contributed by atoms with Gasteiger partial charge in [-0.2, -0.15) is 0 Å². The fraction of sp³-hybridized carbons (Fsp3) is 0.333. The Morgan fingerprint density at radius 2 is 1.84 bits per heavy atom. The van der Waals surface area contributed by atoms with Crippen molar-refractivity contribution in [3.63, 3.8) is 0 Å². The Labute approximate surface area is 108 Å². The van der Waals surface area contributed by atoms with E-state index in [0.717, 1.165) is 4.68 Å². The smallest absolute Gasteiger partial charge is 0.154 e. The third kappa shape index (κ3) is 2.93. The van der Waals surface area contributed by atoms with Crippen LogP contribution in [0, 0.1) is 17.5 Å². The van der Waals surface area contributed by atoms with Crippen molar-refractivity contribution in [2.24, 2.45) is 0 Å². The Balaban J connectivity index is 2.40. The van der Waals surface area contributed by atoms with E-state index in [2.05, 4.69) is 15.6 Å². The van der Waals surface area contributed by atoms with Crippen molar-refractivity contribution < 1.29 is 13.2 Å². The first-order chi connectivity index (χ1) is 8.99. The monoisotopic (exact) mass is 270 g/mol. The number of nitrogens with one attached hydrogen (secondary N) is 1. The molecule has 0 aliphatic carbocycles. The lowest BCUT2D eigenvalue weighted by molar-refractivity contribution is 0.515. The Bertz CT molecular complexity index is 557. The lowest BCUT2D eigenvalue weighted by Crippen LogP contribution is -2.23. The second-order valence-corrected chi connectivity index (χ2v) is 4.39. The summed E-state index contributed by atoms with van der Waals surface area (Å²) in [4.78, 5) is 0. The van der Waals surface area contributed by atoms with Gasteiger partial charge in [-0.3, -0.25) is 0 Å². The summed E-state index contributed by atoms with van der Waals surface area (Å²) in [7, 11) is 0. The second-order valence-electron chi connectivity index (χ2n) is 4.39. The molecule has 0 spiro atoms. The van der Waals surface area contributed by atoms with Crippen molar-refractivity contribution in [1.29, 1.82) is 0 Å². The molecule has 1 N–H and O–H groups in total. The molecule has 0 radical (unpaired) electrons. The maximum Gasteiger partial charge on any atom is 0.154 e. The van der Waals surface area contributed by atoms with E-state index in [1.54, 1.807) is 0 Å². The molecule has 0 atom stereocenters. The fourth-order valence-electron chi connectivity index (χ4n) is 1.61. The van der Waals surface area contributed by atoms with Gasteiger partial charge in [0.1, 0.15) is 11.5 Å².